The third kappa shape index (κ3) is 6.93. The number of nitrogen functional groups attached to an aromatic ring is 1. The highest BCUT2D eigenvalue weighted by molar-refractivity contribution is 5.98. The maximum Gasteiger partial charge on any atom is 0.249 e. The Kier molecular flexibility index (Phi) is 9.28. The first kappa shape index (κ1) is 33.5. The van der Waals surface area contributed by atoms with Crippen molar-refractivity contribution in [1.29, 1.82) is 0 Å². The van der Waals surface area contributed by atoms with Crippen LogP contribution < -0.4 is 10.5 Å². The molecule has 0 bridgehead atoms. The number of anilines is 1. The lowest BCUT2D eigenvalue weighted by Gasteiger charge is -2.47. The van der Waals surface area contributed by atoms with Crippen LogP contribution >= 0.6 is 0 Å². The zero-order chi connectivity index (χ0) is 34.2. The van der Waals surface area contributed by atoms with Crippen molar-refractivity contribution in [3.05, 3.63) is 72.3 Å². The molecule has 2 aromatic heterocycles. The van der Waals surface area contributed by atoms with E-state index in [1.165, 1.54) is 12.4 Å². The van der Waals surface area contributed by atoms with Gasteiger partial charge in [-0.05, 0) is 78.6 Å². The van der Waals surface area contributed by atoms with Crippen molar-refractivity contribution in [2.75, 3.05) is 45.0 Å². The number of hydrogen-bond acceptors (Lipinski definition) is 8. The summed E-state index contributed by atoms with van der Waals surface area (Å²) >= 11 is 0. The number of rotatable bonds is 7. The molecule has 6 rings (SSSR count). The molecule has 48 heavy (non-hydrogen) atoms. The van der Waals surface area contributed by atoms with E-state index in [0.29, 0.717) is 41.3 Å². The normalized spacial score (nSPS) is 18.8. The number of para-hydroxylation sites is 1. The minimum atomic E-state index is -0.498. The highest BCUT2D eigenvalue weighted by atomic mass is 19.1. The highest BCUT2D eigenvalue weighted by Crippen LogP contribution is 2.36. The second-order valence-electron chi connectivity index (χ2n) is 14.5. The number of carbonyl (C=O) groups is 1. The Balaban J connectivity index is 1.22. The summed E-state index contributed by atoms with van der Waals surface area (Å²) in [6.07, 6.45) is 5.12. The number of nitrogens with two attached hydrogens (primary N) is 1. The highest BCUT2D eigenvalue weighted by Gasteiger charge is 2.34. The summed E-state index contributed by atoms with van der Waals surface area (Å²) in [5.74, 6) is 0.726. The molecule has 11 heteroatoms. The first-order chi connectivity index (χ1) is 22.8. The molecule has 2 fully saturated rings. The standard InChI is InChI=1S/C37H47FN8O2/c1-25(22-37(5,6)45-19-17-44(18-20-45)36(2,3)4)35(47)43-16-10-11-26(23-43)46-34-31(33(39)40-24-41-34)32(42-46)29-15-14-28(21-30(29)38)48-27-12-8-7-9-13-27/h7-9,12-15,21-22,24,26H,10-11,16-20,23H2,1-6H3,(H2,39,40,41)/t26-/m0/s1. The fraction of sp³-hybridized carbons (Fsp3) is 0.459. The lowest BCUT2D eigenvalue weighted by atomic mass is 9.96. The number of halogens is 1. The number of likely N-dealkylation sites (tertiary alicyclic amines) is 1. The molecule has 0 aliphatic carbocycles. The summed E-state index contributed by atoms with van der Waals surface area (Å²) < 4.78 is 23.3. The molecule has 0 saturated carbocycles. The Hall–Kier alpha value is -4.35. The molecule has 2 N–H and O–H groups in total. The van der Waals surface area contributed by atoms with Crippen molar-refractivity contribution < 1.29 is 13.9 Å². The van der Waals surface area contributed by atoms with Gasteiger partial charge < -0.3 is 15.4 Å². The van der Waals surface area contributed by atoms with Crippen LogP contribution in [-0.2, 0) is 4.79 Å². The van der Waals surface area contributed by atoms with Crippen LogP contribution in [0.2, 0.25) is 0 Å². The van der Waals surface area contributed by atoms with Crippen molar-refractivity contribution in [2.45, 2.75) is 71.5 Å². The van der Waals surface area contributed by atoms with Gasteiger partial charge in [0, 0.05) is 67.5 Å². The van der Waals surface area contributed by atoms with Crippen LogP contribution in [0.3, 0.4) is 0 Å². The number of carbonyl (C=O) groups excluding carboxylic acids is 1. The van der Waals surface area contributed by atoms with E-state index in [1.54, 1.807) is 16.8 Å². The molecule has 2 aliphatic rings. The predicted molar refractivity (Wildman–Crippen MR) is 187 cm³/mol. The molecule has 1 amide bonds. The molecular weight excluding hydrogens is 607 g/mol. The van der Waals surface area contributed by atoms with Gasteiger partial charge in [-0.25, -0.2) is 19.0 Å². The lowest BCUT2D eigenvalue weighted by molar-refractivity contribution is -0.128. The molecule has 4 aromatic rings. The summed E-state index contributed by atoms with van der Waals surface area (Å²) in [5, 5.41) is 5.38. The van der Waals surface area contributed by atoms with Crippen molar-refractivity contribution in [3.8, 4) is 22.8 Å². The zero-order valence-electron chi connectivity index (χ0n) is 28.9. The van der Waals surface area contributed by atoms with Crippen molar-refractivity contribution >= 4 is 22.8 Å². The molecule has 0 radical (unpaired) electrons. The van der Waals surface area contributed by atoms with Gasteiger partial charge in [0.15, 0.2) is 5.65 Å². The van der Waals surface area contributed by atoms with Gasteiger partial charge in [0.25, 0.3) is 0 Å². The Bertz CT molecular complexity index is 1810. The number of nitrogens with zero attached hydrogens (tertiary/aromatic N) is 7. The van der Waals surface area contributed by atoms with Crippen LogP contribution in [0.5, 0.6) is 11.5 Å². The molecule has 10 nitrogen and oxygen atoms in total. The Morgan fingerprint density at radius 2 is 1.67 bits per heavy atom. The number of amides is 1. The predicted octanol–water partition coefficient (Wildman–Crippen LogP) is 6.31. The number of piperidine rings is 1. The summed E-state index contributed by atoms with van der Waals surface area (Å²) in [6, 6.07) is 13.8. The van der Waals surface area contributed by atoms with E-state index in [1.807, 2.05) is 42.2 Å². The second kappa shape index (κ2) is 13.3. The monoisotopic (exact) mass is 654 g/mol. The molecule has 1 atom stereocenters. The Morgan fingerprint density at radius 3 is 2.35 bits per heavy atom. The first-order valence-electron chi connectivity index (χ1n) is 16.8. The average molecular weight is 655 g/mol. The third-order valence-corrected chi connectivity index (χ3v) is 9.67. The molecule has 0 unspecified atom stereocenters. The number of hydrogen-bond donors (Lipinski definition) is 1. The van der Waals surface area contributed by atoms with Crippen LogP contribution in [-0.4, -0.2) is 90.7 Å². The number of aromatic nitrogens is 4. The molecule has 0 spiro atoms. The summed E-state index contributed by atoms with van der Waals surface area (Å²) in [5.41, 5.74) is 8.13. The maximum absolute atomic E-state index is 15.7. The molecule has 2 aromatic carbocycles. The molecule has 4 heterocycles. The maximum atomic E-state index is 15.7. The van der Waals surface area contributed by atoms with Gasteiger partial charge in [0.1, 0.15) is 35.2 Å². The summed E-state index contributed by atoms with van der Waals surface area (Å²) in [6.45, 7) is 18.1. The second-order valence-corrected chi connectivity index (χ2v) is 14.5. The number of ether oxygens (including phenoxy) is 1. The van der Waals surface area contributed by atoms with Gasteiger partial charge in [0.2, 0.25) is 5.91 Å². The molecule has 2 aliphatic heterocycles. The largest absolute Gasteiger partial charge is 0.457 e. The smallest absolute Gasteiger partial charge is 0.249 e. The third-order valence-electron chi connectivity index (χ3n) is 9.67. The van der Waals surface area contributed by atoms with E-state index in [0.717, 1.165) is 44.6 Å². The van der Waals surface area contributed by atoms with Crippen LogP contribution in [0, 0.1) is 5.82 Å². The van der Waals surface area contributed by atoms with Crippen LogP contribution in [0.4, 0.5) is 10.2 Å². The van der Waals surface area contributed by atoms with Gasteiger partial charge in [-0.3, -0.25) is 14.6 Å². The summed E-state index contributed by atoms with van der Waals surface area (Å²) in [4.78, 5) is 29.5. The van der Waals surface area contributed by atoms with Crippen molar-refractivity contribution in [2.24, 2.45) is 0 Å². The van der Waals surface area contributed by atoms with Gasteiger partial charge >= 0.3 is 0 Å². The average Bonchev–Trinajstić information content (AvgIpc) is 3.45. The lowest BCUT2D eigenvalue weighted by Crippen LogP contribution is -2.58. The van der Waals surface area contributed by atoms with Gasteiger partial charge in [-0.2, -0.15) is 5.10 Å². The molecule has 254 valence electrons. The Morgan fingerprint density at radius 1 is 0.958 bits per heavy atom. The van der Waals surface area contributed by atoms with E-state index in [2.05, 4.69) is 60.5 Å². The number of piperazine rings is 1. The van der Waals surface area contributed by atoms with Crippen LogP contribution in [0.15, 0.2) is 66.5 Å². The minimum absolute atomic E-state index is 0.0203. The topological polar surface area (TPSA) is 106 Å². The van der Waals surface area contributed by atoms with Gasteiger partial charge in [-0.15, -0.1) is 0 Å². The Labute approximate surface area is 282 Å². The fourth-order valence-corrected chi connectivity index (χ4v) is 7.04. The fourth-order valence-electron chi connectivity index (χ4n) is 7.04. The number of benzene rings is 2. The minimum Gasteiger partial charge on any atom is -0.457 e. The summed E-state index contributed by atoms with van der Waals surface area (Å²) in [7, 11) is 0. The zero-order valence-corrected chi connectivity index (χ0v) is 28.9. The van der Waals surface area contributed by atoms with Crippen molar-refractivity contribution in [1.82, 2.24) is 34.4 Å². The van der Waals surface area contributed by atoms with Crippen molar-refractivity contribution in [3.63, 3.8) is 0 Å². The quantitative estimate of drug-likeness (QED) is 0.231. The van der Waals surface area contributed by atoms with E-state index in [-0.39, 0.29) is 34.4 Å². The van der Waals surface area contributed by atoms with Gasteiger partial charge in [-0.1, -0.05) is 24.3 Å². The SMILES string of the molecule is CC(=CC(C)(C)N1CCN(C(C)(C)C)CC1)C(=O)N1CCC[C@H](n2nc(-c3ccc(Oc4ccccc4)cc3F)c3c(N)ncnc32)C1. The van der Waals surface area contributed by atoms with Gasteiger partial charge in [0.05, 0.1) is 11.4 Å². The van der Waals surface area contributed by atoms with E-state index in [4.69, 9.17) is 15.6 Å². The van der Waals surface area contributed by atoms with E-state index >= 15 is 4.39 Å². The van der Waals surface area contributed by atoms with Crippen LogP contribution in [0.1, 0.15) is 60.4 Å². The molecule has 2 saturated heterocycles. The first-order valence-corrected chi connectivity index (χ1v) is 16.8. The van der Waals surface area contributed by atoms with E-state index in [9.17, 15) is 4.79 Å². The molecular formula is C37H47FN8O2. The van der Waals surface area contributed by atoms with Crippen LogP contribution in [0.25, 0.3) is 22.3 Å². The number of fused-ring (bicyclic) bond motifs is 1. The van der Waals surface area contributed by atoms with E-state index < -0.39 is 5.82 Å².